The van der Waals surface area contributed by atoms with Crippen LogP contribution in [-0.2, 0) is 69.2 Å². The zero-order chi connectivity index (χ0) is 13.4. The van der Waals surface area contributed by atoms with Crippen LogP contribution in [0.4, 0.5) is 0 Å². The van der Waals surface area contributed by atoms with Gasteiger partial charge in [0.2, 0.25) is 24.4 Å². The molecule has 2 aliphatic rings. The quantitative estimate of drug-likeness (QED) is 0.227. The normalized spacial score (nSPS) is 20.7. The summed E-state index contributed by atoms with van der Waals surface area (Å²) in [6.07, 6.45) is 8.01. The molecular formula is C12H26N2RuS4+4. The number of hydrogen-bond donors (Lipinski definition) is 0. The molecule has 0 saturated carbocycles. The molecule has 0 bridgehead atoms. The first-order valence-electron chi connectivity index (χ1n) is 6.66. The molecule has 112 valence electrons. The smallest absolute Gasteiger partial charge is 0.184 e. The summed E-state index contributed by atoms with van der Waals surface area (Å²) in [5.41, 5.74) is 0. The largest absolute Gasteiger partial charge is 0.445 e. The van der Waals surface area contributed by atoms with Crippen molar-refractivity contribution in [2.45, 2.75) is 38.5 Å². The molecule has 2 aliphatic heterocycles. The molecule has 0 unspecified atom stereocenters. The number of hydrogen-bond acceptors (Lipinski definition) is 0. The van der Waals surface area contributed by atoms with Gasteiger partial charge < -0.3 is 0 Å². The van der Waals surface area contributed by atoms with Gasteiger partial charge in [0.1, 0.15) is 0 Å². The third kappa shape index (κ3) is 9.12. The van der Waals surface area contributed by atoms with Gasteiger partial charge in [-0.05, 0) is 25.7 Å². The Morgan fingerprint density at radius 2 is 0.895 bits per heavy atom. The van der Waals surface area contributed by atoms with Crippen LogP contribution in [-0.4, -0.2) is 44.6 Å². The molecule has 2 rings (SSSR count). The SMILES string of the molecule is [Ru].[SH+]=C([SH2+])N1CCCCC1.[SH+]=C([SH2+])N1CCCCC1. The van der Waals surface area contributed by atoms with Gasteiger partial charge in [-0.1, -0.05) is 12.8 Å². The van der Waals surface area contributed by atoms with E-state index in [1.54, 1.807) is 0 Å². The molecule has 0 aromatic carbocycles. The maximum absolute atomic E-state index is 4.20. The van der Waals surface area contributed by atoms with Crippen molar-refractivity contribution in [1.29, 1.82) is 0 Å². The van der Waals surface area contributed by atoms with E-state index in [4.69, 9.17) is 0 Å². The maximum atomic E-state index is 4.20. The number of likely N-dealkylation sites (tertiary alicyclic amines) is 2. The van der Waals surface area contributed by atoms with Crippen LogP contribution in [0, 0.1) is 0 Å². The fraction of sp³-hybridized carbons (Fsp3) is 0.833. The Bertz CT molecular complexity index is 249. The molecule has 0 radical (unpaired) electrons. The van der Waals surface area contributed by atoms with E-state index in [1.165, 1.54) is 64.7 Å². The second-order valence-corrected chi connectivity index (χ2v) is 7.38. The fourth-order valence-electron chi connectivity index (χ4n) is 2.21. The van der Waals surface area contributed by atoms with Gasteiger partial charge in [0, 0.05) is 45.7 Å². The van der Waals surface area contributed by atoms with Crippen molar-refractivity contribution < 1.29 is 19.5 Å². The van der Waals surface area contributed by atoms with Crippen LogP contribution in [0.5, 0.6) is 0 Å². The molecule has 0 atom stereocenters. The summed E-state index contributed by atoms with van der Waals surface area (Å²) in [5.74, 6) is 0. The van der Waals surface area contributed by atoms with Crippen molar-refractivity contribution in [3.63, 3.8) is 0 Å². The zero-order valence-corrected chi connectivity index (χ0v) is 16.7. The molecule has 0 aromatic heterocycles. The number of piperidine rings is 2. The van der Waals surface area contributed by atoms with Gasteiger partial charge in [0.15, 0.2) is 0 Å². The minimum Gasteiger partial charge on any atom is -0.184 e. The molecular weight excluding hydrogens is 401 g/mol. The predicted molar refractivity (Wildman–Crippen MR) is 98.7 cm³/mol. The van der Waals surface area contributed by atoms with Crippen molar-refractivity contribution in [2.75, 3.05) is 26.2 Å². The summed E-state index contributed by atoms with van der Waals surface area (Å²) in [5, 5.41) is 0. The Kier molecular flexibility index (Phi) is 12.9. The van der Waals surface area contributed by atoms with Crippen LogP contribution < -0.4 is 0 Å². The van der Waals surface area contributed by atoms with Gasteiger partial charge in [0.05, 0.1) is 25.3 Å². The standard InChI is InChI=1S/2C6H11NS2.Ru/c2*8-6(9)7-4-2-1-3-5-7;/h2*1-5H2,(H,8,9);/p+4. The average molecular weight is 428 g/mol. The van der Waals surface area contributed by atoms with Crippen LogP contribution in [0.3, 0.4) is 0 Å². The molecule has 2 saturated heterocycles. The first kappa shape index (κ1) is 20.4. The number of nitrogens with zero attached hydrogens (tertiary/aromatic N) is 2. The Labute approximate surface area is 151 Å². The van der Waals surface area contributed by atoms with E-state index < -0.39 is 0 Å². The second kappa shape index (κ2) is 12.0. The van der Waals surface area contributed by atoms with Crippen molar-refractivity contribution in [3.05, 3.63) is 0 Å². The number of thiol groups is 2. The minimum absolute atomic E-state index is 0. The molecule has 2 nitrogen and oxygen atoms in total. The summed E-state index contributed by atoms with van der Waals surface area (Å²) in [6.45, 7) is 4.68. The number of rotatable bonds is 0. The summed E-state index contributed by atoms with van der Waals surface area (Å²) in [6, 6.07) is 0. The first-order valence-corrected chi connectivity index (χ1v) is 8.55. The Hall–Kier alpha value is 1.42. The molecule has 0 aromatic rings. The van der Waals surface area contributed by atoms with E-state index in [0.717, 1.165) is 8.64 Å². The van der Waals surface area contributed by atoms with Gasteiger partial charge in [-0.25, -0.2) is 0 Å². The van der Waals surface area contributed by atoms with Crippen LogP contribution in [0.25, 0.3) is 0 Å². The average Bonchev–Trinajstić information content (AvgIpc) is 2.41. The molecule has 19 heavy (non-hydrogen) atoms. The summed E-state index contributed by atoms with van der Waals surface area (Å²) < 4.78 is 1.96. The van der Waals surface area contributed by atoms with Crippen molar-refractivity contribution in [1.82, 2.24) is 9.80 Å². The van der Waals surface area contributed by atoms with E-state index in [2.05, 4.69) is 59.5 Å². The monoisotopic (exact) mass is 428 g/mol. The van der Waals surface area contributed by atoms with E-state index in [9.17, 15) is 0 Å². The van der Waals surface area contributed by atoms with Gasteiger partial charge >= 0.3 is 8.64 Å². The molecule has 0 N–H and O–H groups in total. The van der Waals surface area contributed by atoms with Gasteiger partial charge in [-0.3, -0.25) is 0 Å². The van der Waals surface area contributed by atoms with Gasteiger partial charge in [-0.15, -0.1) is 0 Å². The van der Waals surface area contributed by atoms with Gasteiger partial charge in [0.25, 0.3) is 0 Å². The third-order valence-electron chi connectivity index (χ3n) is 3.31. The Balaban J connectivity index is 0.000000324. The molecule has 2 fully saturated rings. The van der Waals surface area contributed by atoms with Crippen LogP contribution >= 0.6 is 0 Å². The minimum atomic E-state index is 0. The molecule has 0 spiro atoms. The van der Waals surface area contributed by atoms with E-state index >= 15 is 0 Å². The fourth-order valence-corrected chi connectivity index (χ4v) is 3.06. The second-order valence-electron chi connectivity index (χ2n) is 4.74. The van der Waals surface area contributed by atoms with Crippen molar-refractivity contribution >= 4 is 58.3 Å². The molecule has 2 heterocycles. The maximum Gasteiger partial charge on any atom is 0.445 e. The van der Waals surface area contributed by atoms with Crippen molar-refractivity contribution in [3.8, 4) is 0 Å². The predicted octanol–water partition coefficient (Wildman–Crippen LogP) is -0.302. The van der Waals surface area contributed by atoms with Crippen LogP contribution in [0.2, 0.25) is 0 Å². The Morgan fingerprint density at radius 1 is 0.632 bits per heavy atom. The summed E-state index contributed by atoms with van der Waals surface area (Å²) >= 11 is 15.2. The van der Waals surface area contributed by atoms with E-state index in [0.29, 0.717) is 0 Å². The third-order valence-corrected chi connectivity index (χ3v) is 4.51. The molecule has 7 heteroatoms. The van der Waals surface area contributed by atoms with Crippen LogP contribution in [0.15, 0.2) is 0 Å². The Morgan fingerprint density at radius 3 is 1.05 bits per heavy atom. The topological polar surface area (TPSA) is 6.48 Å². The summed E-state index contributed by atoms with van der Waals surface area (Å²) in [4.78, 5) is 4.51. The first-order chi connectivity index (χ1) is 8.61. The van der Waals surface area contributed by atoms with Crippen LogP contribution in [0.1, 0.15) is 38.5 Å². The summed E-state index contributed by atoms with van der Waals surface area (Å²) in [7, 11) is 0. The van der Waals surface area contributed by atoms with E-state index in [-0.39, 0.29) is 19.5 Å². The van der Waals surface area contributed by atoms with Crippen molar-refractivity contribution in [2.24, 2.45) is 0 Å². The van der Waals surface area contributed by atoms with Gasteiger partial charge in [-0.2, -0.15) is 9.80 Å². The molecule has 0 amide bonds. The molecule has 0 aliphatic carbocycles. The zero-order valence-electron chi connectivity index (χ0n) is 11.2. The van der Waals surface area contributed by atoms with E-state index in [1.807, 2.05) is 0 Å².